The summed E-state index contributed by atoms with van der Waals surface area (Å²) in [6.45, 7) is 4.03. The Bertz CT molecular complexity index is 853. The van der Waals surface area contributed by atoms with Gasteiger partial charge in [0.15, 0.2) is 11.5 Å². The Morgan fingerprint density at radius 2 is 1.59 bits per heavy atom. The highest BCUT2D eigenvalue weighted by molar-refractivity contribution is 5.98. The van der Waals surface area contributed by atoms with Crippen molar-refractivity contribution in [3.05, 3.63) is 59.3 Å². The van der Waals surface area contributed by atoms with Crippen molar-refractivity contribution in [3.8, 4) is 0 Å². The van der Waals surface area contributed by atoms with E-state index >= 15 is 0 Å². The Morgan fingerprint density at radius 3 is 2.18 bits per heavy atom. The molecule has 2 aromatic carbocycles. The maximum Gasteiger partial charge on any atom is 0.271 e. The Morgan fingerprint density at radius 1 is 1.00 bits per heavy atom. The maximum atomic E-state index is 11.7. The number of fused-ring (bicyclic) bond motifs is 1. The first-order valence-corrected chi connectivity index (χ1v) is 6.95. The fourth-order valence-electron chi connectivity index (χ4n) is 2.44. The van der Waals surface area contributed by atoms with Gasteiger partial charge in [-0.2, -0.15) is 0 Å². The van der Waals surface area contributed by atoms with Gasteiger partial charge in [0.1, 0.15) is 0 Å². The Labute approximate surface area is 128 Å². The minimum absolute atomic E-state index is 0.137. The second kappa shape index (κ2) is 5.44. The lowest BCUT2D eigenvalue weighted by molar-refractivity contribution is 0.0996. The van der Waals surface area contributed by atoms with Gasteiger partial charge in [-0.15, -0.1) is 0 Å². The third-order valence-electron chi connectivity index (χ3n) is 3.29. The van der Waals surface area contributed by atoms with Gasteiger partial charge in [-0.05, 0) is 49.2 Å². The molecule has 5 heteroatoms. The molecule has 1 heterocycles. The van der Waals surface area contributed by atoms with Crippen molar-refractivity contribution in [3.63, 3.8) is 0 Å². The highest BCUT2D eigenvalue weighted by Crippen LogP contribution is 2.22. The quantitative estimate of drug-likeness (QED) is 0.777. The van der Waals surface area contributed by atoms with Crippen LogP contribution in [0.2, 0.25) is 0 Å². The van der Waals surface area contributed by atoms with E-state index in [2.05, 4.69) is 21.4 Å². The number of carbonyl (C=O) groups excluding carboxylic acids is 1. The fourth-order valence-corrected chi connectivity index (χ4v) is 2.44. The van der Waals surface area contributed by atoms with Crippen LogP contribution in [0.1, 0.15) is 21.6 Å². The molecule has 1 amide bonds. The highest BCUT2D eigenvalue weighted by Gasteiger charge is 2.14. The van der Waals surface area contributed by atoms with Crippen molar-refractivity contribution in [1.82, 2.24) is 9.97 Å². The minimum Gasteiger partial charge on any atom is -0.364 e. The van der Waals surface area contributed by atoms with E-state index in [-0.39, 0.29) is 5.69 Å². The molecule has 5 nitrogen and oxygen atoms in total. The van der Waals surface area contributed by atoms with E-state index in [4.69, 9.17) is 5.73 Å². The first kappa shape index (κ1) is 14.0. The first-order chi connectivity index (χ1) is 10.5. The van der Waals surface area contributed by atoms with Gasteiger partial charge in [0.2, 0.25) is 0 Å². The molecule has 0 atom stereocenters. The van der Waals surface area contributed by atoms with Crippen LogP contribution in [0.4, 0.5) is 11.5 Å². The van der Waals surface area contributed by atoms with E-state index in [1.54, 1.807) is 6.07 Å². The predicted molar refractivity (Wildman–Crippen MR) is 87.3 cm³/mol. The van der Waals surface area contributed by atoms with Crippen molar-refractivity contribution in [2.75, 3.05) is 5.32 Å². The second-order valence-corrected chi connectivity index (χ2v) is 5.28. The number of primary amides is 1. The summed E-state index contributed by atoms with van der Waals surface area (Å²) in [6, 6.07) is 13.4. The number of amides is 1. The normalized spacial score (nSPS) is 10.6. The van der Waals surface area contributed by atoms with E-state index in [0.29, 0.717) is 16.9 Å². The van der Waals surface area contributed by atoms with E-state index < -0.39 is 5.91 Å². The molecule has 3 rings (SSSR count). The number of nitrogens with zero attached hydrogens (tertiary/aromatic N) is 2. The molecule has 0 bridgehead atoms. The topological polar surface area (TPSA) is 80.9 Å². The van der Waals surface area contributed by atoms with Crippen LogP contribution in [0.5, 0.6) is 0 Å². The molecular weight excluding hydrogens is 276 g/mol. The largest absolute Gasteiger partial charge is 0.364 e. The number of para-hydroxylation sites is 2. The highest BCUT2D eigenvalue weighted by atomic mass is 16.1. The van der Waals surface area contributed by atoms with Gasteiger partial charge in [0, 0.05) is 5.69 Å². The van der Waals surface area contributed by atoms with Gasteiger partial charge in [0.25, 0.3) is 5.91 Å². The molecule has 0 aliphatic heterocycles. The van der Waals surface area contributed by atoms with Crippen LogP contribution >= 0.6 is 0 Å². The SMILES string of the molecule is Cc1cc(C)cc(Nc2nc3ccccc3nc2C(N)=O)c1. The summed E-state index contributed by atoms with van der Waals surface area (Å²) >= 11 is 0. The predicted octanol–water partition coefficient (Wildman–Crippen LogP) is 3.09. The molecule has 0 spiro atoms. The average molecular weight is 292 g/mol. The molecule has 3 N–H and O–H groups in total. The van der Waals surface area contributed by atoms with E-state index in [1.807, 2.05) is 44.2 Å². The van der Waals surface area contributed by atoms with Crippen molar-refractivity contribution in [2.24, 2.45) is 5.73 Å². The monoisotopic (exact) mass is 292 g/mol. The van der Waals surface area contributed by atoms with Crippen LogP contribution in [-0.4, -0.2) is 15.9 Å². The Balaban J connectivity index is 2.12. The number of hydrogen-bond acceptors (Lipinski definition) is 4. The summed E-state index contributed by atoms with van der Waals surface area (Å²) in [5.74, 6) is -0.235. The van der Waals surface area contributed by atoms with Crippen molar-refractivity contribution >= 4 is 28.4 Å². The summed E-state index contributed by atoms with van der Waals surface area (Å²) in [5, 5.41) is 3.15. The van der Waals surface area contributed by atoms with Crippen molar-refractivity contribution in [1.29, 1.82) is 0 Å². The zero-order valence-electron chi connectivity index (χ0n) is 12.4. The van der Waals surface area contributed by atoms with Gasteiger partial charge < -0.3 is 11.1 Å². The second-order valence-electron chi connectivity index (χ2n) is 5.28. The number of anilines is 2. The maximum absolute atomic E-state index is 11.7. The number of rotatable bonds is 3. The zero-order valence-corrected chi connectivity index (χ0v) is 12.4. The van der Waals surface area contributed by atoms with E-state index in [0.717, 1.165) is 16.8 Å². The number of nitrogens with two attached hydrogens (primary N) is 1. The molecule has 0 radical (unpaired) electrons. The molecule has 0 aliphatic rings. The lowest BCUT2D eigenvalue weighted by Gasteiger charge is -2.11. The molecule has 0 fully saturated rings. The van der Waals surface area contributed by atoms with Gasteiger partial charge in [-0.3, -0.25) is 4.79 Å². The third kappa shape index (κ3) is 2.74. The zero-order chi connectivity index (χ0) is 15.7. The molecule has 3 aromatic rings. The standard InChI is InChI=1S/C17H16N4O/c1-10-7-11(2)9-12(8-10)19-17-15(16(18)22)20-13-5-3-4-6-14(13)21-17/h3-9H,1-2H3,(H2,18,22)(H,19,21). The van der Waals surface area contributed by atoms with Crippen LogP contribution in [0, 0.1) is 13.8 Å². The number of nitrogens with one attached hydrogen (secondary N) is 1. The summed E-state index contributed by atoms with van der Waals surface area (Å²) in [6.07, 6.45) is 0. The smallest absolute Gasteiger partial charge is 0.271 e. The molecule has 0 saturated carbocycles. The molecule has 0 aliphatic carbocycles. The van der Waals surface area contributed by atoms with E-state index in [9.17, 15) is 4.79 Å². The fraction of sp³-hybridized carbons (Fsp3) is 0.118. The van der Waals surface area contributed by atoms with Gasteiger partial charge in [0.05, 0.1) is 11.0 Å². The third-order valence-corrected chi connectivity index (χ3v) is 3.29. The Kier molecular flexibility index (Phi) is 3.47. The summed E-state index contributed by atoms with van der Waals surface area (Å²) in [5.41, 5.74) is 10.0. The lowest BCUT2D eigenvalue weighted by atomic mass is 10.1. The average Bonchev–Trinajstić information content (AvgIpc) is 2.45. The number of aryl methyl sites for hydroxylation is 2. The molecule has 0 unspecified atom stereocenters. The summed E-state index contributed by atoms with van der Waals surface area (Å²) < 4.78 is 0. The van der Waals surface area contributed by atoms with Crippen molar-refractivity contribution in [2.45, 2.75) is 13.8 Å². The van der Waals surface area contributed by atoms with Gasteiger partial charge in [-0.25, -0.2) is 9.97 Å². The van der Waals surface area contributed by atoms with Crippen LogP contribution in [0.25, 0.3) is 11.0 Å². The number of aromatic nitrogens is 2. The number of carbonyl (C=O) groups is 1. The van der Waals surface area contributed by atoms with Crippen molar-refractivity contribution < 1.29 is 4.79 Å². The Hall–Kier alpha value is -2.95. The van der Waals surface area contributed by atoms with E-state index in [1.165, 1.54) is 0 Å². The summed E-state index contributed by atoms with van der Waals surface area (Å²) in [7, 11) is 0. The minimum atomic E-state index is -0.606. The molecule has 0 saturated heterocycles. The lowest BCUT2D eigenvalue weighted by Crippen LogP contribution is -2.16. The molecular formula is C17H16N4O. The van der Waals surface area contributed by atoms with Crippen LogP contribution in [0.15, 0.2) is 42.5 Å². The summed E-state index contributed by atoms with van der Waals surface area (Å²) in [4.78, 5) is 20.5. The first-order valence-electron chi connectivity index (χ1n) is 6.95. The number of hydrogen-bond donors (Lipinski definition) is 2. The molecule has 110 valence electrons. The van der Waals surface area contributed by atoms with Crippen LogP contribution in [-0.2, 0) is 0 Å². The van der Waals surface area contributed by atoms with Crippen LogP contribution in [0.3, 0.4) is 0 Å². The molecule has 22 heavy (non-hydrogen) atoms. The molecule has 1 aromatic heterocycles. The van der Waals surface area contributed by atoms with Crippen LogP contribution < -0.4 is 11.1 Å². The van der Waals surface area contributed by atoms with Gasteiger partial charge >= 0.3 is 0 Å². The number of benzene rings is 2. The van der Waals surface area contributed by atoms with Gasteiger partial charge in [-0.1, -0.05) is 18.2 Å².